The molecule has 1 aliphatic heterocycles. The number of aliphatic hydroxyl groups is 1. The normalized spacial score (nSPS) is 28.1. The molecular weight excluding hydrogens is 575 g/mol. The van der Waals surface area contributed by atoms with Gasteiger partial charge in [0, 0.05) is 18.9 Å². The Morgan fingerprint density at radius 1 is 1.24 bits per heavy atom. The highest BCUT2D eigenvalue weighted by atomic mass is 32.2. The zero-order valence-corrected chi connectivity index (χ0v) is 24.7. The number of nitrogens with one attached hydrogen (secondary N) is 3. The second-order valence-electron chi connectivity index (χ2n) is 11.3. The van der Waals surface area contributed by atoms with Gasteiger partial charge in [-0.2, -0.15) is 0 Å². The van der Waals surface area contributed by atoms with Gasteiger partial charge >= 0.3 is 6.09 Å². The SMILES string of the molecule is C=CCCC(C)O[C@@H](CC)[C@H](NC(=O)O)C(=O)N1C[C@H](O)C[C@H]1C(=O)N[C@]1(C(=O)NS(=O)(=O)C2(CF)CC2)C[C@H]1C=C. The van der Waals surface area contributed by atoms with Crippen LogP contribution in [-0.4, -0.2) is 101 Å². The molecule has 5 N–H and O–H groups in total. The number of carboxylic acid groups (broad SMARTS) is 1. The zero-order valence-electron chi connectivity index (χ0n) is 23.9. The number of hydrogen-bond donors (Lipinski definition) is 5. The van der Waals surface area contributed by atoms with Crippen LogP contribution in [0.4, 0.5) is 9.18 Å². The third kappa shape index (κ3) is 6.94. The van der Waals surface area contributed by atoms with Gasteiger partial charge in [-0.05, 0) is 45.4 Å². The number of sulfonamides is 1. The average Bonchev–Trinajstić information content (AvgIpc) is 3.84. The van der Waals surface area contributed by atoms with Crippen molar-refractivity contribution >= 4 is 33.8 Å². The highest BCUT2D eigenvalue weighted by molar-refractivity contribution is 7.91. The third-order valence-electron chi connectivity index (χ3n) is 8.27. The van der Waals surface area contributed by atoms with Crippen molar-refractivity contribution in [2.45, 2.75) is 99.5 Å². The topological polar surface area (TPSA) is 191 Å². The molecule has 42 heavy (non-hydrogen) atoms. The van der Waals surface area contributed by atoms with Crippen molar-refractivity contribution in [3.8, 4) is 0 Å². The molecule has 3 aliphatic rings. The lowest BCUT2D eigenvalue weighted by Gasteiger charge is -2.33. The summed E-state index contributed by atoms with van der Waals surface area (Å²) in [4.78, 5) is 53.1. The lowest BCUT2D eigenvalue weighted by molar-refractivity contribution is -0.145. The average molecular weight is 617 g/mol. The fourth-order valence-electron chi connectivity index (χ4n) is 5.33. The Labute approximate surface area is 245 Å². The van der Waals surface area contributed by atoms with Crippen molar-refractivity contribution in [3.63, 3.8) is 0 Å². The van der Waals surface area contributed by atoms with Gasteiger partial charge in [-0.25, -0.2) is 17.6 Å². The van der Waals surface area contributed by atoms with Crippen LogP contribution in [0.25, 0.3) is 0 Å². The molecule has 3 fully saturated rings. The highest BCUT2D eigenvalue weighted by Crippen LogP contribution is 2.47. The number of halogens is 1. The van der Waals surface area contributed by atoms with Crippen LogP contribution in [0.1, 0.15) is 58.8 Å². The van der Waals surface area contributed by atoms with Crippen LogP contribution in [0, 0.1) is 5.92 Å². The second-order valence-corrected chi connectivity index (χ2v) is 13.4. The van der Waals surface area contributed by atoms with E-state index < -0.39 is 81.0 Å². The first kappa shape index (κ1) is 33.5. The molecule has 1 saturated heterocycles. The van der Waals surface area contributed by atoms with Gasteiger partial charge in [0.1, 0.15) is 29.0 Å². The number of nitrogens with zero attached hydrogens (tertiary/aromatic N) is 1. The fraction of sp³-hybridized carbons (Fsp3) is 0.704. The van der Waals surface area contributed by atoms with Crippen molar-refractivity contribution in [1.29, 1.82) is 0 Å². The molecule has 1 heterocycles. The summed E-state index contributed by atoms with van der Waals surface area (Å²) in [5, 5.41) is 24.6. The van der Waals surface area contributed by atoms with Crippen LogP contribution in [0.5, 0.6) is 0 Å². The molecule has 7 atom stereocenters. The Morgan fingerprint density at radius 2 is 1.90 bits per heavy atom. The third-order valence-corrected chi connectivity index (χ3v) is 10.4. The molecule has 3 rings (SSSR count). The second kappa shape index (κ2) is 13.1. The molecule has 0 aromatic carbocycles. The Kier molecular flexibility index (Phi) is 10.4. The van der Waals surface area contributed by atoms with Crippen molar-refractivity contribution in [3.05, 3.63) is 25.3 Å². The van der Waals surface area contributed by atoms with Gasteiger partial charge in [-0.3, -0.25) is 19.1 Å². The van der Waals surface area contributed by atoms with E-state index in [9.17, 15) is 42.2 Å². The molecule has 236 valence electrons. The number of hydrogen-bond acceptors (Lipinski definition) is 8. The lowest BCUT2D eigenvalue weighted by Crippen LogP contribution is -2.60. The number of ether oxygens (including phenoxy) is 1. The van der Waals surface area contributed by atoms with Crippen LogP contribution in [0.2, 0.25) is 0 Å². The van der Waals surface area contributed by atoms with E-state index in [1.807, 2.05) is 4.72 Å². The Bertz CT molecular complexity index is 1190. The van der Waals surface area contributed by atoms with Crippen molar-refractivity contribution in [2.75, 3.05) is 13.2 Å². The maximum absolute atomic E-state index is 13.7. The van der Waals surface area contributed by atoms with Gasteiger partial charge in [0.05, 0.1) is 18.3 Å². The number of β-amino-alcohol motifs (C(OH)–C–C–N with tert-alkyl or cyclic N) is 1. The molecule has 0 aromatic heterocycles. The minimum atomic E-state index is -4.36. The monoisotopic (exact) mass is 616 g/mol. The lowest BCUT2D eigenvalue weighted by atomic mass is 10.0. The molecule has 4 amide bonds. The molecule has 2 aliphatic carbocycles. The summed E-state index contributed by atoms with van der Waals surface area (Å²) >= 11 is 0. The van der Waals surface area contributed by atoms with E-state index in [1.165, 1.54) is 6.08 Å². The quantitative estimate of drug-likeness (QED) is 0.156. The Morgan fingerprint density at radius 3 is 2.40 bits per heavy atom. The number of alkyl halides is 1. The Balaban J connectivity index is 1.80. The van der Waals surface area contributed by atoms with Crippen LogP contribution in [0.15, 0.2) is 25.3 Å². The molecule has 0 bridgehead atoms. The van der Waals surface area contributed by atoms with Crippen LogP contribution < -0.4 is 15.4 Å². The Hall–Kier alpha value is -3.04. The number of allylic oxidation sites excluding steroid dienone is 1. The zero-order chi connectivity index (χ0) is 31.5. The van der Waals surface area contributed by atoms with E-state index in [0.717, 1.165) is 4.90 Å². The molecular formula is C27H41FN4O9S. The molecule has 0 spiro atoms. The van der Waals surface area contributed by atoms with E-state index in [0.29, 0.717) is 12.8 Å². The number of likely N-dealkylation sites (tertiary alicyclic amines) is 1. The first-order valence-corrected chi connectivity index (χ1v) is 15.5. The first-order chi connectivity index (χ1) is 19.7. The minimum Gasteiger partial charge on any atom is -0.465 e. The van der Waals surface area contributed by atoms with Crippen molar-refractivity contribution < 1.29 is 46.9 Å². The number of rotatable bonds is 16. The van der Waals surface area contributed by atoms with Gasteiger partial charge in [0.15, 0.2) is 0 Å². The fourth-order valence-corrected chi connectivity index (χ4v) is 6.76. The minimum absolute atomic E-state index is 0.0208. The van der Waals surface area contributed by atoms with E-state index in [-0.39, 0.29) is 44.8 Å². The molecule has 0 aromatic rings. The molecule has 15 heteroatoms. The predicted octanol–water partition coefficient (Wildman–Crippen LogP) is 0.743. The highest BCUT2D eigenvalue weighted by Gasteiger charge is 2.63. The van der Waals surface area contributed by atoms with Crippen molar-refractivity contribution in [2.24, 2.45) is 5.92 Å². The van der Waals surface area contributed by atoms with E-state index in [1.54, 1.807) is 19.9 Å². The number of carbonyl (C=O) groups excluding carboxylic acids is 3. The summed E-state index contributed by atoms with van der Waals surface area (Å²) in [5.41, 5.74) is -1.70. The molecule has 1 unspecified atom stereocenters. The largest absolute Gasteiger partial charge is 0.465 e. The van der Waals surface area contributed by atoms with Crippen LogP contribution >= 0.6 is 0 Å². The summed E-state index contributed by atoms with van der Waals surface area (Å²) in [5.74, 6) is -3.32. The number of amides is 4. The van der Waals surface area contributed by atoms with Gasteiger partial charge < -0.3 is 30.5 Å². The summed E-state index contributed by atoms with van der Waals surface area (Å²) in [6.45, 7) is 9.34. The van der Waals surface area contributed by atoms with Gasteiger partial charge in [-0.15, -0.1) is 13.2 Å². The summed E-state index contributed by atoms with van der Waals surface area (Å²) in [6, 6.07) is -2.70. The molecule has 13 nitrogen and oxygen atoms in total. The van der Waals surface area contributed by atoms with Crippen LogP contribution in [-0.2, 0) is 29.1 Å². The summed E-state index contributed by atoms with van der Waals surface area (Å²) < 4.78 is 45.0. The summed E-state index contributed by atoms with van der Waals surface area (Å²) in [6.07, 6.45) is 0.662. The number of aliphatic hydroxyl groups excluding tert-OH is 1. The van der Waals surface area contributed by atoms with Gasteiger partial charge in [0.25, 0.3) is 5.91 Å². The predicted molar refractivity (Wildman–Crippen MR) is 149 cm³/mol. The first-order valence-electron chi connectivity index (χ1n) is 14.0. The van der Waals surface area contributed by atoms with Gasteiger partial charge in [-0.1, -0.05) is 19.1 Å². The van der Waals surface area contributed by atoms with Gasteiger partial charge in [0.2, 0.25) is 21.8 Å². The van der Waals surface area contributed by atoms with E-state index in [2.05, 4.69) is 23.8 Å². The molecule has 0 radical (unpaired) electrons. The van der Waals surface area contributed by atoms with E-state index >= 15 is 0 Å². The smallest absolute Gasteiger partial charge is 0.405 e. The molecule has 2 saturated carbocycles. The van der Waals surface area contributed by atoms with E-state index in [4.69, 9.17) is 4.74 Å². The number of carbonyl (C=O) groups is 4. The maximum atomic E-state index is 13.7. The maximum Gasteiger partial charge on any atom is 0.405 e. The van der Waals surface area contributed by atoms with Crippen LogP contribution in [0.3, 0.4) is 0 Å². The standard InChI is InChI=1S/C27H41FN4O9S/c1-5-8-9-16(4)41-20(7-3)21(29-25(37)38)23(35)32-14-18(33)12-19(32)22(34)30-27(13-17(27)6-2)24(36)31-42(39,40)26(15-28)10-11-26/h5-6,16-21,29,33H,1-2,7-15H2,3-4H3,(H,30,34)(H,31,36)(H,37,38)/t16?,17-,18-,19+,20+,21+,27-/m1/s1. The summed E-state index contributed by atoms with van der Waals surface area (Å²) in [7, 11) is -4.36. The van der Waals surface area contributed by atoms with Crippen molar-refractivity contribution in [1.82, 2.24) is 20.3 Å².